The first-order valence-corrected chi connectivity index (χ1v) is 8.43. The first kappa shape index (κ1) is 16.3. The van der Waals surface area contributed by atoms with Crippen LogP contribution >= 0.6 is 0 Å². The summed E-state index contributed by atoms with van der Waals surface area (Å²) >= 11 is 0. The Kier molecular flexibility index (Phi) is 4.99. The Morgan fingerprint density at radius 3 is 2.42 bits per heavy atom. The van der Waals surface area contributed by atoms with Crippen molar-refractivity contribution >= 4 is 23.0 Å². The van der Waals surface area contributed by atoms with Crippen LogP contribution in [-0.2, 0) is 0 Å². The van der Waals surface area contributed by atoms with Crippen molar-refractivity contribution in [1.29, 1.82) is 0 Å². The minimum absolute atomic E-state index is 0.0290. The summed E-state index contributed by atoms with van der Waals surface area (Å²) in [6.45, 7) is 1.67. The highest BCUT2D eigenvalue weighted by atomic mass is 16.2. The number of anilines is 3. The number of carbonyl (C=O) groups excluding carboxylic acids is 1. The van der Waals surface area contributed by atoms with Crippen LogP contribution in [0, 0.1) is 0 Å². The van der Waals surface area contributed by atoms with Gasteiger partial charge in [0, 0.05) is 50.4 Å². The molecule has 2 aromatic rings. The third-order valence-electron chi connectivity index (χ3n) is 4.29. The van der Waals surface area contributed by atoms with E-state index in [4.69, 9.17) is 0 Å². The molecule has 0 unspecified atom stereocenters. The molecule has 0 saturated carbocycles. The average molecular weight is 324 g/mol. The summed E-state index contributed by atoms with van der Waals surface area (Å²) in [5.41, 5.74) is 3.52. The van der Waals surface area contributed by atoms with Crippen LogP contribution in [-0.4, -0.2) is 43.0 Å². The highest BCUT2D eigenvalue weighted by Gasteiger charge is 2.19. The third kappa shape index (κ3) is 3.85. The Morgan fingerprint density at radius 1 is 1.04 bits per heavy atom. The molecule has 5 heteroatoms. The van der Waals surface area contributed by atoms with Gasteiger partial charge in [-0.05, 0) is 55.7 Å². The Bertz CT molecular complexity index is 691. The summed E-state index contributed by atoms with van der Waals surface area (Å²) in [4.78, 5) is 20.8. The molecular weight excluding hydrogens is 300 g/mol. The van der Waals surface area contributed by atoms with Gasteiger partial charge in [-0.3, -0.25) is 9.78 Å². The molecule has 0 spiro atoms. The number of benzene rings is 1. The summed E-state index contributed by atoms with van der Waals surface area (Å²) in [6.07, 6.45) is 5.07. The van der Waals surface area contributed by atoms with Gasteiger partial charge >= 0.3 is 0 Å². The molecular formula is C19H24N4O. The molecule has 3 rings (SSSR count). The van der Waals surface area contributed by atoms with Crippen LogP contribution in [0.25, 0.3) is 0 Å². The molecule has 1 amide bonds. The Balaban J connectivity index is 1.71. The molecule has 1 aliphatic heterocycles. The number of nitrogens with one attached hydrogen (secondary N) is 1. The maximum atomic E-state index is 12.6. The molecule has 126 valence electrons. The number of hydrogen-bond acceptors (Lipinski definition) is 4. The van der Waals surface area contributed by atoms with E-state index in [0.717, 1.165) is 43.0 Å². The van der Waals surface area contributed by atoms with Crippen molar-refractivity contribution in [3.05, 3.63) is 48.3 Å². The van der Waals surface area contributed by atoms with E-state index < -0.39 is 0 Å². The van der Waals surface area contributed by atoms with Gasteiger partial charge < -0.3 is 15.1 Å². The van der Waals surface area contributed by atoms with Crippen molar-refractivity contribution in [2.24, 2.45) is 0 Å². The number of rotatable bonds is 4. The largest absolute Gasteiger partial charge is 0.378 e. The zero-order chi connectivity index (χ0) is 16.9. The quantitative estimate of drug-likeness (QED) is 0.935. The lowest BCUT2D eigenvalue weighted by Gasteiger charge is -2.26. The van der Waals surface area contributed by atoms with Gasteiger partial charge in [0.05, 0.1) is 0 Å². The summed E-state index contributed by atoms with van der Waals surface area (Å²) < 4.78 is 0. The fraction of sp³-hybridized carbons (Fsp3) is 0.368. The first-order chi connectivity index (χ1) is 11.6. The number of likely N-dealkylation sites (tertiary alicyclic amines) is 1. The third-order valence-corrected chi connectivity index (χ3v) is 4.29. The summed E-state index contributed by atoms with van der Waals surface area (Å²) in [5, 5.41) is 3.34. The second-order valence-corrected chi connectivity index (χ2v) is 6.35. The summed E-state index contributed by atoms with van der Waals surface area (Å²) in [5.74, 6) is 0.0290. The van der Waals surface area contributed by atoms with Crippen molar-refractivity contribution in [2.45, 2.75) is 19.3 Å². The lowest BCUT2D eigenvalue weighted by Crippen LogP contribution is -2.36. The summed E-state index contributed by atoms with van der Waals surface area (Å²) in [6, 6.07) is 11.9. The highest BCUT2D eigenvalue weighted by Crippen LogP contribution is 2.21. The molecule has 1 N–H and O–H groups in total. The monoisotopic (exact) mass is 324 g/mol. The van der Waals surface area contributed by atoms with E-state index in [9.17, 15) is 4.79 Å². The number of amides is 1. The number of pyridine rings is 1. The maximum absolute atomic E-state index is 12.6. The average Bonchev–Trinajstić information content (AvgIpc) is 2.62. The molecule has 24 heavy (non-hydrogen) atoms. The Morgan fingerprint density at radius 2 is 1.75 bits per heavy atom. The smallest absolute Gasteiger partial charge is 0.272 e. The van der Waals surface area contributed by atoms with E-state index in [1.54, 1.807) is 6.20 Å². The Labute approximate surface area is 143 Å². The second-order valence-electron chi connectivity index (χ2n) is 6.35. The van der Waals surface area contributed by atoms with Gasteiger partial charge in [0.1, 0.15) is 5.69 Å². The maximum Gasteiger partial charge on any atom is 0.272 e. The lowest BCUT2D eigenvalue weighted by atomic mass is 10.1. The zero-order valence-electron chi connectivity index (χ0n) is 14.3. The molecule has 2 heterocycles. The van der Waals surface area contributed by atoms with Crippen molar-refractivity contribution in [2.75, 3.05) is 37.4 Å². The van der Waals surface area contributed by atoms with E-state index in [-0.39, 0.29) is 5.91 Å². The van der Waals surface area contributed by atoms with E-state index in [0.29, 0.717) is 5.69 Å². The van der Waals surface area contributed by atoms with Crippen molar-refractivity contribution < 1.29 is 4.79 Å². The number of hydrogen-bond donors (Lipinski definition) is 1. The van der Waals surface area contributed by atoms with Gasteiger partial charge in [-0.15, -0.1) is 0 Å². The first-order valence-electron chi connectivity index (χ1n) is 8.43. The van der Waals surface area contributed by atoms with Crippen LogP contribution in [0.5, 0.6) is 0 Å². The van der Waals surface area contributed by atoms with Crippen molar-refractivity contribution in [3.8, 4) is 0 Å². The van der Waals surface area contributed by atoms with E-state index >= 15 is 0 Å². The number of aromatic nitrogens is 1. The number of piperidine rings is 1. The van der Waals surface area contributed by atoms with Crippen LogP contribution in [0.1, 0.15) is 29.8 Å². The van der Waals surface area contributed by atoms with Gasteiger partial charge in [-0.25, -0.2) is 0 Å². The van der Waals surface area contributed by atoms with Crippen LogP contribution in [0.4, 0.5) is 17.1 Å². The molecule has 0 atom stereocenters. The topological polar surface area (TPSA) is 48.5 Å². The van der Waals surface area contributed by atoms with E-state index in [2.05, 4.69) is 27.3 Å². The van der Waals surface area contributed by atoms with Crippen LogP contribution in [0.15, 0.2) is 42.6 Å². The number of nitrogens with zero attached hydrogens (tertiary/aromatic N) is 3. The van der Waals surface area contributed by atoms with Gasteiger partial charge in [-0.2, -0.15) is 0 Å². The molecule has 0 radical (unpaired) electrons. The van der Waals surface area contributed by atoms with Gasteiger partial charge in [-0.1, -0.05) is 0 Å². The molecule has 5 nitrogen and oxygen atoms in total. The van der Waals surface area contributed by atoms with E-state index in [1.165, 1.54) is 6.42 Å². The van der Waals surface area contributed by atoms with Gasteiger partial charge in [0.2, 0.25) is 0 Å². The fourth-order valence-electron chi connectivity index (χ4n) is 2.89. The van der Waals surface area contributed by atoms with Crippen molar-refractivity contribution in [3.63, 3.8) is 0 Å². The molecule has 1 aromatic heterocycles. The Hall–Kier alpha value is -2.56. The second kappa shape index (κ2) is 7.34. The van der Waals surface area contributed by atoms with Gasteiger partial charge in [0.15, 0.2) is 0 Å². The fourth-order valence-corrected chi connectivity index (χ4v) is 2.89. The molecule has 1 fully saturated rings. The van der Waals surface area contributed by atoms with Crippen LogP contribution < -0.4 is 10.2 Å². The van der Waals surface area contributed by atoms with Gasteiger partial charge in [0.25, 0.3) is 5.91 Å². The molecule has 1 saturated heterocycles. The lowest BCUT2D eigenvalue weighted by molar-refractivity contribution is 0.0718. The standard InChI is InChI=1S/C19H24N4O/c1-22(2)17-8-6-15(7-9-17)21-16-10-11-20-18(14-16)19(24)23-12-4-3-5-13-23/h6-11,14H,3-5,12-13H2,1-2H3,(H,20,21). The molecule has 1 aliphatic rings. The van der Waals surface area contributed by atoms with Crippen LogP contribution in [0.2, 0.25) is 0 Å². The SMILES string of the molecule is CN(C)c1ccc(Nc2ccnc(C(=O)N3CCCCC3)c2)cc1. The summed E-state index contributed by atoms with van der Waals surface area (Å²) in [7, 11) is 4.04. The molecule has 1 aromatic carbocycles. The van der Waals surface area contributed by atoms with Crippen LogP contribution in [0.3, 0.4) is 0 Å². The predicted molar refractivity (Wildman–Crippen MR) is 98.0 cm³/mol. The van der Waals surface area contributed by atoms with E-state index in [1.807, 2.05) is 43.3 Å². The molecule has 0 aliphatic carbocycles. The van der Waals surface area contributed by atoms with Crippen molar-refractivity contribution in [1.82, 2.24) is 9.88 Å². The highest BCUT2D eigenvalue weighted by molar-refractivity contribution is 5.93. The zero-order valence-corrected chi connectivity index (χ0v) is 14.3. The molecule has 0 bridgehead atoms. The predicted octanol–water partition coefficient (Wildman–Crippen LogP) is 3.52. The minimum atomic E-state index is 0.0290. The normalized spacial score (nSPS) is 14.3. The minimum Gasteiger partial charge on any atom is -0.378 e. The number of carbonyl (C=O) groups is 1.